The number of nitrogen functional groups attached to an aromatic ring is 1. The van der Waals surface area contributed by atoms with Crippen molar-refractivity contribution < 1.29 is 14.0 Å². The third kappa shape index (κ3) is 3.52. The van der Waals surface area contributed by atoms with Gasteiger partial charge in [0.15, 0.2) is 4.90 Å². The molecule has 1 unspecified atom stereocenters. The number of aliphatic hydroxyl groups is 1. The average Bonchev–Trinajstić information content (AvgIpc) is 2.66. The van der Waals surface area contributed by atoms with Gasteiger partial charge in [-0.1, -0.05) is 18.2 Å². The Hall–Kier alpha value is -2.52. The minimum absolute atomic E-state index is 0.267. The van der Waals surface area contributed by atoms with Crippen LogP contribution < -0.4 is 5.73 Å². The van der Waals surface area contributed by atoms with Crippen LogP contribution in [0.2, 0.25) is 0 Å². The van der Waals surface area contributed by atoms with Gasteiger partial charge in [0.05, 0.1) is 48.6 Å². The first-order valence-electron chi connectivity index (χ1n) is 8.34. The van der Waals surface area contributed by atoms with E-state index in [1.54, 1.807) is 34.6 Å². The van der Waals surface area contributed by atoms with Crippen molar-refractivity contribution in [3.8, 4) is 22.4 Å². The van der Waals surface area contributed by atoms with Gasteiger partial charge in [0, 0.05) is 11.1 Å². The van der Waals surface area contributed by atoms with Gasteiger partial charge in [-0.05, 0) is 29.8 Å². The van der Waals surface area contributed by atoms with Crippen molar-refractivity contribution in [1.82, 2.24) is 14.3 Å². The lowest BCUT2D eigenvalue weighted by atomic mass is 10.0. The van der Waals surface area contributed by atoms with Crippen molar-refractivity contribution in [2.45, 2.75) is 11.0 Å². The molecule has 6 nitrogen and oxygen atoms in total. The van der Waals surface area contributed by atoms with E-state index in [4.69, 9.17) is 5.73 Å². The van der Waals surface area contributed by atoms with Gasteiger partial charge in [0.2, 0.25) is 0 Å². The molecule has 2 heterocycles. The van der Waals surface area contributed by atoms with Gasteiger partial charge in [-0.25, -0.2) is 9.37 Å². The van der Waals surface area contributed by atoms with Crippen LogP contribution in [0.25, 0.3) is 22.4 Å². The van der Waals surface area contributed by atoms with Crippen LogP contribution in [0.1, 0.15) is 0 Å². The van der Waals surface area contributed by atoms with Crippen LogP contribution in [0.4, 0.5) is 10.2 Å². The molecule has 1 saturated heterocycles. The Balaban J connectivity index is 1.68. The monoisotopic (exact) mass is 384 g/mol. The molecule has 27 heavy (non-hydrogen) atoms. The highest BCUT2D eigenvalue weighted by Crippen LogP contribution is 2.33. The molecule has 1 aliphatic rings. The van der Waals surface area contributed by atoms with Gasteiger partial charge in [0.1, 0.15) is 11.6 Å². The summed E-state index contributed by atoms with van der Waals surface area (Å²) >= 11 is -1.41. The van der Waals surface area contributed by atoms with E-state index in [0.29, 0.717) is 40.4 Å². The van der Waals surface area contributed by atoms with Gasteiger partial charge in [0.25, 0.3) is 0 Å². The zero-order valence-corrected chi connectivity index (χ0v) is 15.1. The lowest BCUT2D eigenvalue weighted by Gasteiger charge is -2.35. The van der Waals surface area contributed by atoms with Crippen LogP contribution in [0, 0.1) is 5.82 Å². The second-order valence-corrected chi connectivity index (χ2v) is 7.72. The highest BCUT2D eigenvalue weighted by molar-refractivity contribution is 7.89. The van der Waals surface area contributed by atoms with Gasteiger partial charge in [-0.15, -0.1) is 4.31 Å². The summed E-state index contributed by atoms with van der Waals surface area (Å²) in [4.78, 5) is 8.63. The molecule has 0 saturated carbocycles. The Morgan fingerprint density at radius 1 is 1.11 bits per heavy atom. The molecule has 0 bridgehead atoms. The van der Waals surface area contributed by atoms with E-state index in [2.05, 4.69) is 9.97 Å². The Morgan fingerprint density at radius 3 is 2.56 bits per heavy atom. The first kappa shape index (κ1) is 17.9. The molecule has 3 aromatic rings. The Morgan fingerprint density at radius 2 is 1.89 bits per heavy atom. The quantitative estimate of drug-likeness (QED) is 0.670. The van der Waals surface area contributed by atoms with Crippen molar-refractivity contribution in [2.75, 3.05) is 18.8 Å². The van der Waals surface area contributed by atoms with E-state index in [1.807, 2.05) is 6.07 Å². The fraction of sp³-hybridized carbons (Fsp3) is 0.158. The van der Waals surface area contributed by atoms with Gasteiger partial charge in [-0.3, -0.25) is 4.98 Å². The minimum atomic E-state index is -1.41. The fourth-order valence-electron chi connectivity index (χ4n) is 2.92. The number of hydrogen-bond donors (Lipinski definition) is 2. The maximum Gasteiger partial charge on any atom is 0.181 e. The fourth-order valence-corrected chi connectivity index (χ4v) is 4.38. The highest BCUT2D eigenvalue weighted by Gasteiger charge is 2.36. The summed E-state index contributed by atoms with van der Waals surface area (Å²) in [6, 6.07) is 12.0. The Bertz CT molecular complexity index is 964. The van der Waals surface area contributed by atoms with E-state index < -0.39 is 23.3 Å². The largest absolute Gasteiger partial charge is 0.593 e. The molecule has 3 N–H and O–H groups in total. The summed E-state index contributed by atoms with van der Waals surface area (Å²) in [6.07, 6.45) is 2.35. The first-order chi connectivity index (χ1) is 13.0. The number of nitrogens with two attached hydrogens (primary N) is 1. The van der Waals surface area contributed by atoms with Crippen LogP contribution in [-0.4, -0.2) is 43.1 Å². The van der Waals surface area contributed by atoms with Crippen molar-refractivity contribution in [3.05, 3.63) is 60.7 Å². The maximum absolute atomic E-state index is 14.7. The van der Waals surface area contributed by atoms with Crippen LogP contribution in [0.3, 0.4) is 0 Å². The molecule has 1 atom stereocenters. The molecule has 1 aromatic heterocycles. The van der Waals surface area contributed by atoms with Gasteiger partial charge < -0.3 is 15.4 Å². The number of hydrogen-bond acceptors (Lipinski definition) is 6. The summed E-state index contributed by atoms with van der Waals surface area (Å²) in [5.41, 5.74) is 7.53. The van der Waals surface area contributed by atoms with Crippen LogP contribution in [0.5, 0.6) is 0 Å². The van der Waals surface area contributed by atoms with Crippen molar-refractivity contribution in [2.24, 2.45) is 0 Å². The molecule has 0 aliphatic carbocycles. The summed E-state index contributed by atoms with van der Waals surface area (Å²) in [6.45, 7) is 0.730. The number of halogens is 1. The Kier molecular flexibility index (Phi) is 4.79. The molecule has 4 rings (SSSR count). The summed E-state index contributed by atoms with van der Waals surface area (Å²) in [5.74, 6) is -0.185. The lowest BCUT2D eigenvalue weighted by molar-refractivity contribution is 0.0548. The third-order valence-corrected chi connectivity index (χ3v) is 5.87. The van der Waals surface area contributed by atoms with Crippen molar-refractivity contribution in [3.63, 3.8) is 0 Å². The van der Waals surface area contributed by atoms with E-state index in [9.17, 15) is 14.0 Å². The zero-order chi connectivity index (χ0) is 19.0. The van der Waals surface area contributed by atoms with Gasteiger partial charge >= 0.3 is 0 Å². The molecule has 2 aromatic carbocycles. The summed E-state index contributed by atoms with van der Waals surface area (Å²) in [7, 11) is 0. The predicted octanol–water partition coefficient (Wildman–Crippen LogP) is 2.23. The molecule has 0 spiro atoms. The third-order valence-electron chi connectivity index (χ3n) is 4.37. The van der Waals surface area contributed by atoms with Gasteiger partial charge in [-0.2, -0.15) is 0 Å². The molecule has 8 heteroatoms. The highest BCUT2D eigenvalue weighted by atomic mass is 32.2. The van der Waals surface area contributed by atoms with Crippen LogP contribution >= 0.6 is 0 Å². The van der Waals surface area contributed by atoms with Crippen LogP contribution in [-0.2, 0) is 11.4 Å². The summed E-state index contributed by atoms with van der Waals surface area (Å²) < 4.78 is 29.2. The number of aromatic nitrogens is 2. The second-order valence-electron chi connectivity index (χ2n) is 6.27. The van der Waals surface area contributed by atoms with E-state index in [1.165, 1.54) is 18.5 Å². The number of rotatable bonds is 4. The van der Waals surface area contributed by atoms with E-state index >= 15 is 0 Å². The lowest BCUT2D eigenvalue weighted by Crippen LogP contribution is -2.53. The average molecular weight is 384 g/mol. The van der Waals surface area contributed by atoms with Crippen molar-refractivity contribution >= 4 is 17.2 Å². The van der Waals surface area contributed by atoms with E-state index in [0.717, 1.165) is 0 Å². The molecule has 1 fully saturated rings. The molecule has 0 amide bonds. The minimum Gasteiger partial charge on any atom is -0.593 e. The molecular weight excluding hydrogens is 367 g/mol. The molecular formula is C19H17FN4O2S. The molecule has 138 valence electrons. The molecule has 1 aliphatic heterocycles. The summed E-state index contributed by atoms with van der Waals surface area (Å²) in [5, 5.41) is 9.45. The normalized spacial score (nSPS) is 16.1. The first-order valence-corrected chi connectivity index (χ1v) is 9.45. The van der Waals surface area contributed by atoms with Crippen molar-refractivity contribution in [1.29, 1.82) is 0 Å². The van der Waals surface area contributed by atoms with Crippen LogP contribution in [0.15, 0.2) is 59.8 Å². The predicted molar refractivity (Wildman–Crippen MR) is 101 cm³/mol. The second kappa shape index (κ2) is 7.24. The zero-order valence-electron chi connectivity index (χ0n) is 14.2. The standard InChI is InChI=1S/C19H17FN4O2S/c20-16-7-12(5-6-15(16)17-8-23-19(21)9-22-17)14-3-1-2-4-18(14)27(26)24-10-13(25)11-24/h1-9,13,25H,10-11H2,(H2,21,23). The number of aliphatic hydroxyl groups excluding tert-OH is 1. The molecule has 0 radical (unpaired) electrons. The number of β-amino-alcohol motifs (C(OH)–C–C–N with tert-alkyl or cyclic N) is 1. The number of nitrogens with zero attached hydrogens (tertiary/aromatic N) is 3. The number of anilines is 1. The Labute approximate surface area is 158 Å². The topological polar surface area (TPSA) is 98.3 Å². The smallest absolute Gasteiger partial charge is 0.181 e. The SMILES string of the molecule is Nc1cnc(-c2ccc(-c3ccccc3[S+]([O-])N3CC(O)C3)cc2F)cn1. The maximum atomic E-state index is 14.7. The number of benzene rings is 2. The van der Waals surface area contributed by atoms with E-state index in [-0.39, 0.29) is 5.82 Å².